The van der Waals surface area contributed by atoms with Gasteiger partial charge in [-0.15, -0.1) is 0 Å². The van der Waals surface area contributed by atoms with E-state index in [0.717, 1.165) is 127 Å². The minimum Gasteiger partial charge on any atom is -0.489 e. The zero-order chi connectivity index (χ0) is 79.9. The highest BCUT2D eigenvalue weighted by atomic mass is 19.1. The highest BCUT2D eigenvalue weighted by molar-refractivity contribution is 5.91. The van der Waals surface area contributed by atoms with Crippen LogP contribution in [0.5, 0.6) is 17.2 Å². The average Bonchev–Trinajstić information content (AvgIpc) is 1.55. The number of hydrogen-bond acceptors (Lipinski definition) is 5. The van der Waals surface area contributed by atoms with Crippen LogP contribution < -0.4 is 14.4 Å². The van der Waals surface area contributed by atoms with Gasteiger partial charge in [0.1, 0.15) is 46.9 Å². The number of ether oxygens (including phenoxy) is 3. The van der Waals surface area contributed by atoms with Crippen LogP contribution in [-0.2, 0) is 21.0 Å². The SMILES string of the molecule is C=CC1=CCC(OC2=CCC(C3(c4ccc(F)cc4)c4ccccc4C4C=CC(C5C=CC(N(C6=CC=C(C(C)(C)C)CC6)C6=CC7c8cc(N(c9ccc(C(C)(C)C)cc9)C9C=CC(C%10C=CC%11=C(C%10)C(c%10ccc(F)cc%10)(c%10ccc(Oc%12ccc(C=C)cc%12)cc%10)c%10ccccc%10%11)=CC9)ccc8OC7CC6)CC5)CC43)C=C2)C=C1. The first-order valence-corrected chi connectivity index (χ1v) is 42.9. The van der Waals surface area contributed by atoms with Gasteiger partial charge in [0.15, 0.2) is 0 Å². The number of hydrogen-bond donors (Lipinski definition) is 0. The maximum absolute atomic E-state index is 15.2. The molecule has 0 saturated carbocycles. The summed E-state index contributed by atoms with van der Waals surface area (Å²) < 4.78 is 50.5. The molecule has 5 nitrogen and oxygen atoms in total. The van der Waals surface area contributed by atoms with Crippen molar-refractivity contribution < 1.29 is 23.0 Å². The molecule has 0 spiro atoms. The minimum atomic E-state index is -0.687. The van der Waals surface area contributed by atoms with Crippen LogP contribution in [0, 0.1) is 46.6 Å². The standard InChI is InChI=1S/C110H106F2N2O3/c1-9-71-19-55-91(56-20-71)115-93-59-37-81(38-60-93)109(79-29-41-83(111)42-30-79)101-17-13-11-15-95(101)97-63-27-75(67-103(97)109)73-23-45-85(46-24-73)113(87-49-33-77(34-50-87)107(3,4)5)89-53-65-105-99(69-89)100-70-90(54-66-106(100)117-105)114(88-51-35-78(36-52-88)108(6,7)8)86-47-25-74(26-48-86)76-28-64-98-96-16-12-14-18-102(96)110(104(98)68-76,80-31-43-84(112)44-32-80)82-39-61-94(62-40-82)116-92-57-21-72(10-2)22-58-92/h9-25,27-35,37-39,41-45,47,49-51,53,55-57,59-65,69-70,74-76,82,85-86,92,98,100,104,106H,1-2,26,36,40,46,48,52,54,58,66-68H2,3-8H3. The lowest BCUT2D eigenvalue weighted by molar-refractivity contribution is 0.158. The van der Waals surface area contributed by atoms with Crippen LogP contribution in [0.15, 0.2) is 356 Å². The smallest absolute Gasteiger partial charge is 0.127 e. The number of fused-ring (bicyclic) bond motifs is 8. The van der Waals surface area contributed by atoms with Gasteiger partial charge in [-0.2, -0.15) is 0 Å². The van der Waals surface area contributed by atoms with E-state index in [1.165, 1.54) is 72.6 Å². The summed E-state index contributed by atoms with van der Waals surface area (Å²) in [5.74, 6) is 4.46. The number of nitrogens with zero attached hydrogens (tertiary/aromatic N) is 2. The van der Waals surface area contributed by atoms with Crippen molar-refractivity contribution in [3.8, 4) is 17.2 Å². The third-order valence-corrected chi connectivity index (χ3v) is 27.9. The zero-order valence-electron chi connectivity index (χ0n) is 68.4. The Hall–Kier alpha value is -11.3. The Morgan fingerprint density at radius 3 is 1.91 bits per heavy atom. The summed E-state index contributed by atoms with van der Waals surface area (Å²) in [7, 11) is 0. The molecule has 10 aliphatic carbocycles. The first kappa shape index (κ1) is 75.7. The summed E-state index contributed by atoms with van der Waals surface area (Å²) in [5.41, 5.74) is 22.7. The van der Waals surface area contributed by atoms with Gasteiger partial charge in [0, 0.05) is 57.9 Å². The number of benzene rings is 8. The van der Waals surface area contributed by atoms with E-state index in [1.54, 1.807) is 24.3 Å². The van der Waals surface area contributed by atoms with Crippen LogP contribution in [-0.4, -0.2) is 29.2 Å². The maximum atomic E-state index is 15.2. The second kappa shape index (κ2) is 30.6. The van der Waals surface area contributed by atoms with Gasteiger partial charge in [0.2, 0.25) is 0 Å². The molecule has 1 aliphatic heterocycles. The first-order chi connectivity index (χ1) is 56.9. The minimum absolute atomic E-state index is 0.0105. The fourth-order valence-electron chi connectivity index (χ4n) is 22.0. The highest BCUT2D eigenvalue weighted by Gasteiger charge is 2.58. The Labute approximate surface area is 691 Å². The van der Waals surface area contributed by atoms with E-state index in [2.05, 4.69) is 301 Å². The van der Waals surface area contributed by atoms with Gasteiger partial charge in [-0.3, -0.25) is 0 Å². The molecule has 588 valence electrons. The molecule has 13 atom stereocenters. The molecule has 7 heteroatoms. The van der Waals surface area contributed by atoms with Gasteiger partial charge in [-0.1, -0.05) is 267 Å². The number of rotatable bonds is 18. The van der Waals surface area contributed by atoms with Crippen LogP contribution in [0.1, 0.15) is 180 Å². The Morgan fingerprint density at radius 2 is 1.25 bits per heavy atom. The van der Waals surface area contributed by atoms with Gasteiger partial charge in [-0.05, 0) is 274 Å². The van der Waals surface area contributed by atoms with Crippen molar-refractivity contribution in [1.82, 2.24) is 4.90 Å². The van der Waals surface area contributed by atoms with E-state index in [-0.39, 0.29) is 81.8 Å². The van der Waals surface area contributed by atoms with Crippen LogP contribution in [0.3, 0.4) is 0 Å². The molecule has 0 bridgehead atoms. The summed E-state index contributed by atoms with van der Waals surface area (Å²) in [4.78, 5) is 5.36. The lowest BCUT2D eigenvalue weighted by Gasteiger charge is -2.47. The van der Waals surface area contributed by atoms with E-state index in [0.29, 0.717) is 11.8 Å². The second-order valence-electron chi connectivity index (χ2n) is 36.4. The van der Waals surface area contributed by atoms with Gasteiger partial charge in [0.05, 0.1) is 17.5 Å². The van der Waals surface area contributed by atoms with Gasteiger partial charge in [0.25, 0.3) is 0 Å². The van der Waals surface area contributed by atoms with Crippen molar-refractivity contribution in [3.05, 3.63) is 423 Å². The Bertz CT molecular complexity index is 5640. The monoisotopic (exact) mass is 1540 g/mol. The Morgan fingerprint density at radius 1 is 0.530 bits per heavy atom. The van der Waals surface area contributed by atoms with Gasteiger partial charge in [-0.25, -0.2) is 8.78 Å². The third kappa shape index (κ3) is 13.8. The number of halogens is 2. The van der Waals surface area contributed by atoms with Crippen LogP contribution in [0.2, 0.25) is 0 Å². The normalized spacial score (nSPS) is 27.1. The molecule has 8 aromatic rings. The van der Waals surface area contributed by atoms with Crippen molar-refractivity contribution >= 4 is 23.0 Å². The fourth-order valence-corrected chi connectivity index (χ4v) is 22.0. The number of allylic oxidation sites excluding steroid dienone is 20. The van der Waals surface area contributed by atoms with Crippen molar-refractivity contribution in [1.29, 1.82) is 0 Å². The maximum Gasteiger partial charge on any atom is 0.127 e. The molecule has 0 amide bonds. The quantitative estimate of drug-likeness (QED) is 0.0800. The lowest BCUT2D eigenvalue weighted by Crippen LogP contribution is -2.43. The molecule has 1 heterocycles. The first-order valence-electron chi connectivity index (χ1n) is 42.9. The molecule has 11 aliphatic rings. The summed E-state index contributed by atoms with van der Waals surface area (Å²) >= 11 is 0. The summed E-state index contributed by atoms with van der Waals surface area (Å²) in [6.45, 7) is 21.9. The topological polar surface area (TPSA) is 34.2 Å². The predicted molar refractivity (Wildman–Crippen MR) is 475 cm³/mol. The van der Waals surface area contributed by atoms with E-state index in [1.807, 2.05) is 48.6 Å². The predicted octanol–water partition coefficient (Wildman–Crippen LogP) is 27.5. The summed E-state index contributed by atoms with van der Waals surface area (Å²) in [6, 6.07) is 65.9. The number of anilines is 2. The molecular weight excluding hydrogens is 1440 g/mol. The highest BCUT2D eigenvalue weighted by Crippen LogP contribution is 2.65. The molecule has 0 saturated heterocycles. The van der Waals surface area contributed by atoms with Gasteiger partial charge < -0.3 is 24.0 Å². The van der Waals surface area contributed by atoms with Crippen molar-refractivity contribution in [3.63, 3.8) is 0 Å². The van der Waals surface area contributed by atoms with Crippen LogP contribution >= 0.6 is 0 Å². The molecule has 19 rings (SSSR count). The average molecular weight is 1540 g/mol. The summed E-state index contributed by atoms with van der Waals surface area (Å²) in [6.07, 6.45) is 57.5. The van der Waals surface area contributed by atoms with Crippen molar-refractivity contribution in [2.75, 3.05) is 4.90 Å². The largest absolute Gasteiger partial charge is 0.489 e. The van der Waals surface area contributed by atoms with E-state index in [9.17, 15) is 0 Å². The van der Waals surface area contributed by atoms with Crippen molar-refractivity contribution in [2.45, 2.75) is 165 Å². The molecule has 0 radical (unpaired) electrons. The lowest BCUT2D eigenvalue weighted by atomic mass is 9.56. The molecule has 8 aromatic carbocycles. The molecule has 117 heavy (non-hydrogen) atoms. The van der Waals surface area contributed by atoms with Crippen LogP contribution in [0.4, 0.5) is 20.2 Å². The second-order valence-corrected chi connectivity index (χ2v) is 36.4. The fraction of sp³-hybridized carbons (Fsp3) is 0.291. The van der Waals surface area contributed by atoms with Crippen molar-refractivity contribution in [2.24, 2.45) is 35.0 Å². The zero-order valence-corrected chi connectivity index (χ0v) is 68.4. The van der Waals surface area contributed by atoms with Gasteiger partial charge >= 0.3 is 0 Å². The van der Waals surface area contributed by atoms with E-state index < -0.39 is 5.41 Å². The molecule has 0 aromatic heterocycles. The Balaban J connectivity index is 0.610. The molecular formula is C110H106F2N2O3. The van der Waals surface area contributed by atoms with E-state index >= 15 is 8.78 Å². The Kier molecular flexibility index (Phi) is 19.8. The summed E-state index contributed by atoms with van der Waals surface area (Å²) in [5, 5.41) is 0. The molecule has 13 unspecified atom stereocenters. The third-order valence-electron chi connectivity index (χ3n) is 27.9. The van der Waals surface area contributed by atoms with E-state index in [4.69, 9.17) is 14.2 Å². The molecule has 0 fully saturated rings. The molecule has 0 N–H and O–H groups in total. The van der Waals surface area contributed by atoms with Crippen LogP contribution in [0.25, 0.3) is 11.6 Å².